The van der Waals surface area contributed by atoms with Gasteiger partial charge in [0.2, 0.25) is 5.91 Å². The first-order valence-electron chi connectivity index (χ1n) is 11.0. The SMILES string of the molecule is O=C1C=C(c2ccccc2NC(=O)c2ccc(OCCN3CCCCC3)cc2)CC(=O)N1. The first-order chi connectivity index (χ1) is 15.6. The highest BCUT2D eigenvalue weighted by Gasteiger charge is 2.20. The van der Waals surface area contributed by atoms with Crippen LogP contribution in [0.15, 0.2) is 54.6 Å². The molecule has 0 saturated carbocycles. The van der Waals surface area contributed by atoms with Crippen LogP contribution in [-0.2, 0) is 9.59 Å². The van der Waals surface area contributed by atoms with E-state index in [-0.39, 0.29) is 18.2 Å². The monoisotopic (exact) mass is 433 g/mol. The number of rotatable bonds is 7. The van der Waals surface area contributed by atoms with Gasteiger partial charge < -0.3 is 10.1 Å². The molecule has 0 radical (unpaired) electrons. The van der Waals surface area contributed by atoms with Crippen molar-refractivity contribution in [2.75, 3.05) is 31.6 Å². The molecule has 1 fully saturated rings. The molecule has 0 unspecified atom stereocenters. The number of ether oxygens (including phenoxy) is 1. The summed E-state index contributed by atoms with van der Waals surface area (Å²) in [7, 11) is 0. The Morgan fingerprint density at radius 1 is 1.00 bits per heavy atom. The van der Waals surface area contributed by atoms with Gasteiger partial charge in [-0.2, -0.15) is 0 Å². The maximum Gasteiger partial charge on any atom is 0.255 e. The van der Waals surface area contributed by atoms with Crippen molar-refractivity contribution in [1.82, 2.24) is 10.2 Å². The van der Waals surface area contributed by atoms with Gasteiger partial charge in [0, 0.05) is 29.4 Å². The van der Waals surface area contributed by atoms with E-state index in [1.54, 1.807) is 48.5 Å². The van der Waals surface area contributed by atoms with Crippen LogP contribution in [-0.4, -0.2) is 48.9 Å². The topological polar surface area (TPSA) is 87.7 Å². The Hall–Kier alpha value is -3.45. The van der Waals surface area contributed by atoms with Crippen molar-refractivity contribution in [3.05, 3.63) is 65.7 Å². The molecule has 3 amide bonds. The lowest BCUT2D eigenvalue weighted by molar-refractivity contribution is -0.127. The van der Waals surface area contributed by atoms with E-state index < -0.39 is 5.91 Å². The third-order valence-corrected chi connectivity index (χ3v) is 5.68. The number of para-hydroxylation sites is 1. The third kappa shape index (κ3) is 5.62. The van der Waals surface area contributed by atoms with Crippen LogP contribution in [0.3, 0.4) is 0 Å². The summed E-state index contributed by atoms with van der Waals surface area (Å²) in [6.07, 6.45) is 5.31. The Bertz CT molecular complexity index is 1020. The van der Waals surface area contributed by atoms with Crippen LogP contribution in [0, 0.1) is 0 Å². The zero-order valence-corrected chi connectivity index (χ0v) is 17.9. The number of carbonyl (C=O) groups is 3. The van der Waals surface area contributed by atoms with Crippen LogP contribution in [0.25, 0.3) is 5.57 Å². The number of hydrogen-bond donors (Lipinski definition) is 2. The summed E-state index contributed by atoms with van der Waals surface area (Å²) < 4.78 is 5.83. The molecule has 4 rings (SSSR count). The first kappa shape index (κ1) is 21.8. The van der Waals surface area contributed by atoms with E-state index in [1.807, 2.05) is 0 Å². The molecule has 2 aliphatic heterocycles. The second-order valence-electron chi connectivity index (χ2n) is 8.03. The molecule has 1 saturated heterocycles. The smallest absolute Gasteiger partial charge is 0.255 e. The number of piperidine rings is 1. The second-order valence-corrected chi connectivity index (χ2v) is 8.03. The maximum absolute atomic E-state index is 12.8. The lowest BCUT2D eigenvalue weighted by Gasteiger charge is -2.26. The number of amides is 3. The van der Waals surface area contributed by atoms with E-state index in [9.17, 15) is 14.4 Å². The molecule has 2 aliphatic rings. The fourth-order valence-corrected chi connectivity index (χ4v) is 4.02. The number of imide groups is 1. The van der Waals surface area contributed by atoms with Crippen LogP contribution >= 0.6 is 0 Å². The molecular formula is C25H27N3O4. The predicted octanol–water partition coefficient (Wildman–Crippen LogP) is 3.23. The zero-order valence-electron chi connectivity index (χ0n) is 17.9. The standard InChI is InChI=1S/C25H27N3O4/c29-23-16-19(17-24(30)27-23)21-6-2-3-7-22(21)26-25(31)18-8-10-20(11-9-18)32-15-14-28-12-4-1-5-13-28/h2-3,6-11,16H,1,4-5,12-15,17H2,(H,26,31)(H,27,29,30). The highest BCUT2D eigenvalue weighted by molar-refractivity contribution is 6.13. The van der Waals surface area contributed by atoms with Crippen molar-refractivity contribution >= 4 is 29.0 Å². The van der Waals surface area contributed by atoms with Gasteiger partial charge in [0.1, 0.15) is 12.4 Å². The highest BCUT2D eigenvalue weighted by atomic mass is 16.5. The molecule has 0 spiro atoms. The van der Waals surface area contributed by atoms with Gasteiger partial charge in [0.25, 0.3) is 11.8 Å². The fraction of sp³-hybridized carbons (Fsp3) is 0.320. The summed E-state index contributed by atoms with van der Waals surface area (Å²) in [6, 6.07) is 14.2. The number of carbonyl (C=O) groups excluding carboxylic acids is 3. The lowest BCUT2D eigenvalue weighted by Crippen LogP contribution is -2.33. The van der Waals surface area contributed by atoms with Gasteiger partial charge >= 0.3 is 0 Å². The molecule has 7 nitrogen and oxygen atoms in total. The summed E-state index contributed by atoms with van der Waals surface area (Å²) in [5.74, 6) is -0.349. The quantitative estimate of drug-likeness (QED) is 0.655. The van der Waals surface area contributed by atoms with Gasteiger partial charge in [0.15, 0.2) is 0 Å². The number of likely N-dealkylation sites (tertiary alicyclic amines) is 1. The highest BCUT2D eigenvalue weighted by Crippen LogP contribution is 2.28. The van der Waals surface area contributed by atoms with Crippen LogP contribution in [0.5, 0.6) is 5.75 Å². The minimum Gasteiger partial charge on any atom is -0.492 e. The number of benzene rings is 2. The predicted molar refractivity (Wildman–Crippen MR) is 122 cm³/mol. The van der Waals surface area contributed by atoms with Gasteiger partial charge in [0.05, 0.1) is 6.42 Å². The molecule has 0 aliphatic carbocycles. The lowest BCUT2D eigenvalue weighted by atomic mass is 9.97. The van der Waals surface area contributed by atoms with E-state index in [2.05, 4.69) is 15.5 Å². The van der Waals surface area contributed by atoms with Crippen molar-refractivity contribution in [3.63, 3.8) is 0 Å². The number of anilines is 1. The Morgan fingerprint density at radius 2 is 1.75 bits per heavy atom. The Morgan fingerprint density at radius 3 is 2.50 bits per heavy atom. The van der Waals surface area contributed by atoms with Crippen LogP contribution in [0.1, 0.15) is 41.6 Å². The average Bonchev–Trinajstić information content (AvgIpc) is 2.80. The summed E-state index contributed by atoms with van der Waals surface area (Å²) >= 11 is 0. The average molecular weight is 434 g/mol. The van der Waals surface area contributed by atoms with Gasteiger partial charge in [-0.05, 0) is 61.8 Å². The van der Waals surface area contributed by atoms with Crippen molar-refractivity contribution < 1.29 is 19.1 Å². The molecule has 32 heavy (non-hydrogen) atoms. The van der Waals surface area contributed by atoms with Gasteiger partial charge in [-0.25, -0.2) is 0 Å². The molecule has 2 N–H and O–H groups in total. The van der Waals surface area contributed by atoms with Crippen LogP contribution in [0.2, 0.25) is 0 Å². The fourth-order valence-electron chi connectivity index (χ4n) is 4.02. The van der Waals surface area contributed by atoms with Crippen molar-refractivity contribution in [3.8, 4) is 5.75 Å². The van der Waals surface area contributed by atoms with Crippen LogP contribution < -0.4 is 15.4 Å². The number of nitrogens with zero attached hydrogens (tertiary/aromatic N) is 1. The number of nitrogens with one attached hydrogen (secondary N) is 2. The molecule has 2 aromatic rings. The largest absolute Gasteiger partial charge is 0.492 e. The minimum absolute atomic E-state index is 0.0854. The van der Waals surface area contributed by atoms with Crippen molar-refractivity contribution in [2.24, 2.45) is 0 Å². The molecule has 166 valence electrons. The van der Waals surface area contributed by atoms with Gasteiger partial charge in [-0.1, -0.05) is 24.6 Å². The van der Waals surface area contributed by atoms with E-state index in [0.717, 1.165) is 25.4 Å². The summed E-state index contributed by atoms with van der Waals surface area (Å²) in [6.45, 7) is 3.81. The Balaban J connectivity index is 1.37. The molecule has 7 heteroatoms. The van der Waals surface area contributed by atoms with Crippen molar-refractivity contribution in [1.29, 1.82) is 0 Å². The van der Waals surface area contributed by atoms with Crippen molar-refractivity contribution in [2.45, 2.75) is 25.7 Å². The van der Waals surface area contributed by atoms with E-state index in [0.29, 0.717) is 29.0 Å². The van der Waals surface area contributed by atoms with Crippen LogP contribution in [0.4, 0.5) is 5.69 Å². The van der Waals surface area contributed by atoms with E-state index >= 15 is 0 Å². The van der Waals surface area contributed by atoms with Gasteiger partial charge in [-0.15, -0.1) is 0 Å². The zero-order chi connectivity index (χ0) is 22.3. The molecule has 0 atom stereocenters. The Labute approximate surface area is 187 Å². The molecule has 0 bridgehead atoms. The first-order valence-corrected chi connectivity index (χ1v) is 11.0. The normalized spacial score (nSPS) is 16.8. The minimum atomic E-state index is -0.451. The maximum atomic E-state index is 12.8. The summed E-state index contributed by atoms with van der Waals surface area (Å²) in [5.41, 5.74) is 2.27. The molecule has 0 aromatic heterocycles. The summed E-state index contributed by atoms with van der Waals surface area (Å²) in [5, 5.41) is 5.14. The summed E-state index contributed by atoms with van der Waals surface area (Å²) in [4.78, 5) is 38.6. The molecule has 2 heterocycles. The molecular weight excluding hydrogens is 406 g/mol. The third-order valence-electron chi connectivity index (χ3n) is 5.68. The number of hydrogen-bond acceptors (Lipinski definition) is 5. The Kier molecular flexibility index (Phi) is 6.97. The van der Waals surface area contributed by atoms with E-state index in [1.165, 1.54) is 25.3 Å². The van der Waals surface area contributed by atoms with Gasteiger partial charge in [-0.3, -0.25) is 24.6 Å². The molecule has 2 aromatic carbocycles. The van der Waals surface area contributed by atoms with E-state index in [4.69, 9.17) is 4.74 Å². The second kappa shape index (κ2) is 10.2.